The standard InChI is InChI=1S/C15H13NO5/c1-20-15-8-3-2-7-13(15)14(17)10-21-12-6-4-5-11(9-12)16(18)19/h2-9H,10H2,1H3. The number of para-hydroxylation sites is 1. The lowest BCUT2D eigenvalue weighted by molar-refractivity contribution is -0.384. The number of nitro groups is 1. The maximum absolute atomic E-state index is 12.1. The number of carbonyl (C=O) groups is 1. The number of benzene rings is 2. The minimum Gasteiger partial charge on any atom is -0.496 e. The summed E-state index contributed by atoms with van der Waals surface area (Å²) in [6.45, 7) is -0.221. The zero-order chi connectivity index (χ0) is 15.2. The summed E-state index contributed by atoms with van der Waals surface area (Å²) in [5.74, 6) is 0.469. The van der Waals surface area contributed by atoms with E-state index < -0.39 is 4.92 Å². The topological polar surface area (TPSA) is 78.7 Å². The van der Waals surface area contributed by atoms with Gasteiger partial charge in [-0.3, -0.25) is 14.9 Å². The lowest BCUT2D eigenvalue weighted by atomic mass is 10.1. The molecule has 21 heavy (non-hydrogen) atoms. The number of methoxy groups -OCH3 is 1. The van der Waals surface area contributed by atoms with Crippen molar-refractivity contribution < 1.29 is 19.2 Å². The minimum absolute atomic E-state index is 0.0859. The fourth-order valence-corrected chi connectivity index (χ4v) is 1.79. The van der Waals surface area contributed by atoms with E-state index in [-0.39, 0.29) is 23.8 Å². The second-order valence-corrected chi connectivity index (χ2v) is 4.17. The minimum atomic E-state index is -0.519. The van der Waals surface area contributed by atoms with Crippen LogP contribution in [0.3, 0.4) is 0 Å². The van der Waals surface area contributed by atoms with Gasteiger partial charge >= 0.3 is 0 Å². The monoisotopic (exact) mass is 287 g/mol. The summed E-state index contributed by atoms with van der Waals surface area (Å²) in [7, 11) is 1.48. The molecule has 2 aromatic carbocycles. The second-order valence-electron chi connectivity index (χ2n) is 4.17. The van der Waals surface area contributed by atoms with Crippen molar-refractivity contribution in [2.45, 2.75) is 0 Å². The van der Waals surface area contributed by atoms with Crippen molar-refractivity contribution in [3.8, 4) is 11.5 Å². The molecule has 0 saturated carbocycles. The predicted molar refractivity (Wildman–Crippen MR) is 75.9 cm³/mol. The quantitative estimate of drug-likeness (QED) is 0.463. The fraction of sp³-hybridized carbons (Fsp3) is 0.133. The van der Waals surface area contributed by atoms with Gasteiger partial charge in [-0.1, -0.05) is 18.2 Å². The van der Waals surface area contributed by atoms with Gasteiger partial charge in [0, 0.05) is 6.07 Å². The summed E-state index contributed by atoms with van der Waals surface area (Å²) < 4.78 is 10.4. The molecule has 0 aliphatic rings. The summed E-state index contributed by atoms with van der Waals surface area (Å²) in [5, 5.41) is 10.7. The highest BCUT2D eigenvalue weighted by Gasteiger charge is 2.13. The molecular formula is C15H13NO5. The molecule has 2 aromatic rings. The molecule has 0 unspecified atom stereocenters. The number of rotatable bonds is 6. The van der Waals surface area contributed by atoms with E-state index in [0.717, 1.165) is 0 Å². The Labute approximate surface area is 121 Å². The van der Waals surface area contributed by atoms with Gasteiger partial charge < -0.3 is 9.47 Å². The van der Waals surface area contributed by atoms with Crippen LogP contribution < -0.4 is 9.47 Å². The van der Waals surface area contributed by atoms with Crippen LogP contribution in [0.2, 0.25) is 0 Å². The van der Waals surface area contributed by atoms with E-state index in [1.807, 2.05) is 0 Å². The van der Waals surface area contributed by atoms with Crippen molar-refractivity contribution in [1.82, 2.24) is 0 Å². The fourth-order valence-electron chi connectivity index (χ4n) is 1.79. The Kier molecular flexibility index (Phi) is 4.50. The Balaban J connectivity index is 2.07. The number of hydrogen-bond acceptors (Lipinski definition) is 5. The maximum Gasteiger partial charge on any atom is 0.273 e. The smallest absolute Gasteiger partial charge is 0.273 e. The first-order chi connectivity index (χ1) is 10.1. The Morgan fingerprint density at radius 3 is 2.67 bits per heavy atom. The van der Waals surface area contributed by atoms with Crippen molar-refractivity contribution in [2.24, 2.45) is 0 Å². The number of hydrogen-bond donors (Lipinski definition) is 0. The van der Waals surface area contributed by atoms with Crippen LogP contribution in [0.25, 0.3) is 0 Å². The molecule has 0 N–H and O–H groups in total. The molecule has 0 saturated heterocycles. The molecule has 0 radical (unpaired) electrons. The number of nitrogens with zero attached hydrogens (tertiary/aromatic N) is 1. The van der Waals surface area contributed by atoms with E-state index in [1.54, 1.807) is 30.3 Å². The first-order valence-corrected chi connectivity index (χ1v) is 6.15. The van der Waals surface area contributed by atoms with Crippen molar-refractivity contribution in [3.63, 3.8) is 0 Å². The summed E-state index contributed by atoms with van der Waals surface area (Å²) in [4.78, 5) is 22.2. The van der Waals surface area contributed by atoms with Gasteiger partial charge in [-0.25, -0.2) is 0 Å². The molecule has 6 nitrogen and oxygen atoms in total. The van der Waals surface area contributed by atoms with Crippen molar-refractivity contribution >= 4 is 11.5 Å². The lowest BCUT2D eigenvalue weighted by Crippen LogP contribution is -2.12. The van der Waals surface area contributed by atoms with E-state index in [0.29, 0.717) is 11.3 Å². The number of Topliss-reactive ketones (excluding diaryl/α,β-unsaturated/α-hetero) is 1. The molecule has 108 valence electrons. The molecule has 0 fully saturated rings. The predicted octanol–water partition coefficient (Wildman–Crippen LogP) is 2.87. The van der Waals surface area contributed by atoms with E-state index in [1.165, 1.54) is 25.3 Å². The molecule has 0 spiro atoms. The number of non-ortho nitro benzene ring substituents is 1. The highest BCUT2D eigenvalue weighted by atomic mass is 16.6. The third-order valence-corrected chi connectivity index (χ3v) is 2.81. The molecule has 0 aromatic heterocycles. The third-order valence-electron chi connectivity index (χ3n) is 2.81. The van der Waals surface area contributed by atoms with Gasteiger partial charge in [-0.15, -0.1) is 0 Å². The Morgan fingerprint density at radius 1 is 1.19 bits per heavy atom. The average molecular weight is 287 g/mol. The lowest BCUT2D eigenvalue weighted by Gasteiger charge is -2.08. The number of ether oxygens (including phenoxy) is 2. The largest absolute Gasteiger partial charge is 0.496 e. The Hall–Kier alpha value is -2.89. The summed E-state index contributed by atoms with van der Waals surface area (Å²) in [5.41, 5.74) is 0.322. The molecule has 0 atom stereocenters. The molecule has 0 amide bonds. The molecule has 0 bridgehead atoms. The normalized spacial score (nSPS) is 9.95. The van der Waals surface area contributed by atoms with Crippen LogP contribution in [0, 0.1) is 10.1 Å². The van der Waals surface area contributed by atoms with Gasteiger partial charge in [0.05, 0.1) is 23.7 Å². The van der Waals surface area contributed by atoms with Gasteiger partial charge in [-0.05, 0) is 18.2 Å². The van der Waals surface area contributed by atoms with Gasteiger partial charge in [0.15, 0.2) is 6.61 Å². The highest BCUT2D eigenvalue weighted by Crippen LogP contribution is 2.21. The van der Waals surface area contributed by atoms with Crippen molar-refractivity contribution in [1.29, 1.82) is 0 Å². The van der Waals surface area contributed by atoms with E-state index in [9.17, 15) is 14.9 Å². The number of nitro benzene ring substituents is 1. The molecule has 6 heteroatoms. The molecule has 0 aliphatic carbocycles. The molecule has 0 heterocycles. The number of carbonyl (C=O) groups excluding carboxylic acids is 1. The van der Waals surface area contributed by atoms with Crippen LogP contribution in [-0.2, 0) is 0 Å². The average Bonchev–Trinajstić information content (AvgIpc) is 2.52. The maximum atomic E-state index is 12.1. The zero-order valence-corrected chi connectivity index (χ0v) is 11.3. The summed E-state index contributed by atoms with van der Waals surface area (Å²) >= 11 is 0. The Morgan fingerprint density at radius 2 is 1.95 bits per heavy atom. The second kappa shape index (κ2) is 6.51. The van der Waals surface area contributed by atoms with Gasteiger partial charge in [0.1, 0.15) is 11.5 Å². The summed E-state index contributed by atoms with van der Waals surface area (Å²) in [6.07, 6.45) is 0. The van der Waals surface area contributed by atoms with E-state index >= 15 is 0 Å². The van der Waals surface area contributed by atoms with Crippen LogP contribution in [0.1, 0.15) is 10.4 Å². The first-order valence-electron chi connectivity index (χ1n) is 6.15. The van der Waals surface area contributed by atoms with Crippen LogP contribution in [0.4, 0.5) is 5.69 Å². The van der Waals surface area contributed by atoms with Crippen molar-refractivity contribution in [2.75, 3.05) is 13.7 Å². The third kappa shape index (κ3) is 3.56. The van der Waals surface area contributed by atoms with Gasteiger partial charge in [-0.2, -0.15) is 0 Å². The van der Waals surface area contributed by atoms with Crippen LogP contribution >= 0.6 is 0 Å². The zero-order valence-electron chi connectivity index (χ0n) is 11.3. The summed E-state index contributed by atoms with van der Waals surface area (Å²) in [6, 6.07) is 12.5. The van der Waals surface area contributed by atoms with Crippen LogP contribution in [0.15, 0.2) is 48.5 Å². The molecule has 2 rings (SSSR count). The van der Waals surface area contributed by atoms with Gasteiger partial charge in [0.2, 0.25) is 5.78 Å². The molecule has 0 aliphatic heterocycles. The number of ketones is 1. The van der Waals surface area contributed by atoms with Gasteiger partial charge in [0.25, 0.3) is 5.69 Å². The first kappa shape index (κ1) is 14.5. The molecular weight excluding hydrogens is 274 g/mol. The van der Waals surface area contributed by atoms with E-state index in [4.69, 9.17) is 9.47 Å². The van der Waals surface area contributed by atoms with Crippen molar-refractivity contribution in [3.05, 3.63) is 64.2 Å². The van der Waals surface area contributed by atoms with Crippen LogP contribution in [-0.4, -0.2) is 24.4 Å². The van der Waals surface area contributed by atoms with E-state index in [2.05, 4.69) is 0 Å². The van der Waals surface area contributed by atoms with Crippen LogP contribution in [0.5, 0.6) is 11.5 Å². The Bertz CT molecular complexity index is 669. The SMILES string of the molecule is COc1ccccc1C(=O)COc1cccc([N+](=O)[O-])c1. The highest BCUT2D eigenvalue weighted by molar-refractivity contribution is 5.99.